The van der Waals surface area contributed by atoms with E-state index >= 15 is 0 Å². The molecule has 29 heavy (non-hydrogen) atoms. The quantitative estimate of drug-likeness (QED) is 0.583. The van der Waals surface area contributed by atoms with Gasteiger partial charge in [0.25, 0.3) is 0 Å². The molecule has 2 aromatic carbocycles. The van der Waals surface area contributed by atoms with Crippen LogP contribution in [0.1, 0.15) is 39.0 Å². The van der Waals surface area contributed by atoms with Crippen molar-refractivity contribution in [2.75, 3.05) is 6.54 Å². The van der Waals surface area contributed by atoms with Crippen LogP contribution in [0.4, 0.5) is 0 Å². The van der Waals surface area contributed by atoms with Gasteiger partial charge in [-0.3, -0.25) is 0 Å². The monoisotopic (exact) mass is 409 g/mol. The molecule has 1 heterocycles. The molecule has 1 aliphatic rings. The Morgan fingerprint density at radius 2 is 1.59 bits per heavy atom. The number of para-hydroxylation sites is 1. The molecular formula is C23H27N3O2S. The van der Waals surface area contributed by atoms with Crippen LogP contribution in [0, 0.1) is 0 Å². The summed E-state index contributed by atoms with van der Waals surface area (Å²) in [7, 11) is -3.67. The van der Waals surface area contributed by atoms with E-state index < -0.39 is 10.0 Å². The smallest absolute Gasteiger partial charge is 0.239 e. The van der Waals surface area contributed by atoms with Crippen LogP contribution in [0.3, 0.4) is 0 Å². The van der Waals surface area contributed by atoms with Gasteiger partial charge in [0.1, 0.15) is 10.6 Å². The average molecular weight is 410 g/mol. The highest BCUT2D eigenvalue weighted by atomic mass is 32.2. The van der Waals surface area contributed by atoms with Crippen LogP contribution < -0.4 is 0 Å². The molecule has 0 aliphatic heterocycles. The molecule has 1 aromatic heterocycles. The van der Waals surface area contributed by atoms with Gasteiger partial charge >= 0.3 is 0 Å². The lowest BCUT2D eigenvalue weighted by atomic mass is 9.95. The van der Waals surface area contributed by atoms with Crippen LogP contribution in [-0.4, -0.2) is 35.1 Å². The number of hydrogen-bond donors (Lipinski definition) is 0. The third-order valence-corrected chi connectivity index (χ3v) is 7.66. The van der Waals surface area contributed by atoms with Crippen LogP contribution in [-0.2, 0) is 10.0 Å². The normalized spacial score (nSPS) is 15.7. The van der Waals surface area contributed by atoms with Crippen LogP contribution >= 0.6 is 0 Å². The molecule has 0 bridgehead atoms. The van der Waals surface area contributed by atoms with Crippen molar-refractivity contribution in [1.29, 1.82) is 0 Å². The zero-order valence-corrected chi connectivity index (χ0v) is 17.6. The summed E-state index contributed by atoms with van der Waals surface area (Å²) < 4.78 is 30.9. The zero-order valence-electron chi connectivity index (χ0n) is 16.7. The van der Waals surface area contributed by atoms with Crippen LogP contribution in [0.5, 0.6) is 0 Å². The van der Waals surface area contributed by atoms with E-state index in [0.29, 0.717) is 12.2 Å². The number of benzene rings is 2. The molecular weight excluding hydrogens is 382 g/mol. The molecule has 0 unspecified atom stereocenters. The van der Waals surface area contributed by atoms with E-state index in [-0.39, 0.29) is 10.9 Å². The number of rotatable bonds is 6. The number of hydrogen-bond acceptors (Lipinski definition) is 3. The second-order valence-electron chi connectivity index (χ2n) is 7.49. The zero-order chi connectivity index (χ0) is 20.3. The Morgan fingerprint density at radius 3 is 2.21 bits per heavy atom. The number of sulfonamides is 1. The fourth-order valence-electron chi connectivity index (χ4n) is 4.18. The van der Waals surface area contributed by atoms with Gasteiger partial charge in [0.05, 0.1) is 11.9 Å². The fourth-order valence-corrected chi connectivity index (χ4v) is 6.01. The minimum atomic E-state index is -3.67. The van der Waals surface area contributed by atoms with E-state index in [1.54, 1.807) is 15.2 Å². The predicted octanol–water partition coefficient (Wildman–Crippen LogP) is 4.88. The van der Waals surface area contributed by atoms with Crippen molar-refractivity contribution in [2.45, 2.75) is 50.0 Å². The van der Waals surface area contributed by atoms with E-state index in [4.69, 9.17) is 0 Å². The molecule has 0 saturated heterocycles. The van der Waals surface area contributed by atoms with Gasteiger partial charge < -0.3 is 0 Å². The molecule has 0 atom stereocenters. The summed E-state index contributed by atoms with van der Waals surface area (Å²) in [5, 5.41) is 4.69. The maximum Gasteiger partial charge on any atom is 0.247 e. The Kier molecular flexibility index (Phi) is 5.83. The summed E-state index contributed by atoms with van der Waals surface area (Å²) >= 11 is 0. The molecule has 1 aliphatic carbocycles. The second-order valence-corrected chi connectivity index (χ2v) is 9.35. The summed E-state index contributed by atoms with van der Waals surface area (Å²) in [5.41, 5.74) is 2.15. The topological polar surface area (TPSA) is 55.2 Å². The van der Waals surface area contributed by atoms with Crippen molar-refractivity contribution in [1.82, 2.24) is 14.1 Å². The maximum absolute atomic E-state index is 13.8. The third kappa shape index (κ3) is 4.00. The summed E-state index contributed by atoms with van der Waals surface area (Å²) in [6.45, 7) is 2.40. The first kappa shape index (κ1) is 19.9. The van der Waals surface area contributed by atoms with E-state index in [2.05, 4.69) is 5.10 Å². The first-order valence-corrected chi connectivity index (χ1v) is 11.8. The highest BCUT2D eigenvalue weighted by Crippen LogP contribution is 2.33. The lowest BCUT2D eigenvalue weighted by molar-refractivity contribution is 0.261. The van der Waals surface area contributed by atoms with Gasteiger partial charge in [0, 0.05) is 18.2 Å². The largest absolute Gasteiger partial charge is 0.247 e. The fraction of sp³-hybridized carbons (Fsp3) is 0.348. The van der Waals surface area contributed by atoms with Crippen molar-refractivity contribution in [3.05, 3.63) is 66.9 Å². The lowest BCUT2D eigenvalue weighted by Gasteiger charge is -2.32. The first-order chi connectivity index (χ1) is 14.1. The van der Waals surface area contributed by atoms with E-state index in [0.717, 1.165) is 36.9 Å². The molecule has 0 N–H and O–H groups in total. The Bertz CT molecular complexity index is 1040. The van der Waals surface area contributed by atoms with Crippen molar-refractivity contribution in [3.8, 4) is 16.9 Å². The molecule has 0 radical (unpaired) electrons. The van der Waals surface area contributed by atoms with E-state index in [9.17, 15) is 8.42 Å². The van der Waals surface area contributed by atoms with Crippen LogP contribution in [0.2, 0.25) is 0 Å². The molecule has 0 spiro atoms. The van der Waals surface area contributed by atoms with Gasteiger partial charge in [-0.2, -0.15) is 9.40 Å². The van der Waals surface area contributed by atoms with Crippen molar-refractivity contribution < 1.29 is 8.42 Å². The van der Waals surface area contributed by atoms with Crippen molar-refractivity contribution >= 4 is 10.0 Å². The van der Waals surface area contributed by atoms with E-state index in [1.165, 1.54) is 6.42 Å². The van der Waals surface area contributed by atoms with Gasteiger partial charge in [0.15, 0.2) is 0 Å². The van der Waals surface area contributed by atoms with Gasteiger partial charge in [-0.05, 0) is 25.0 Å². The standard InChI is InChI=1S/C23H27N3O2S/c1-2-26(21-16-10-5-11-17-21)29(27,28)22-18-25(20-14-8-4-9-15-20)24-23(22)19-12-6-3-7-13-19/h3-4,6-9,12-15,18,21H,2,5,10-11,16-17H2,1H3. The molecule has 4 rings (SSSR count). The first-order valence-electron chi connectivity index (χ1n) is 10.3. The van der Waals surface area contributed by atoms with Gasteiger partial charge in [-0.25, -0.2) is 13.1 Å². The summed E-state index contributed by atoms with van der Waals surface area (Å²) in [6, 6.07) is 19.3. The van der Waals surface area contributed by atoms with E-state index in [1.807, 2.05) is 67.6 Å². The average Bonchev–Trinajstić information content (AvgIpc) is 3.23. The molecule has 6 heteroatoms. The van der Waals surface area contributed by atoms with Crippen molar-refractivity contribution in [2.24, 2.45) is 0 Å². The van der Waals surface area contributed by atoms with Crippen molar-refractivity contribution in [3.63, 3.8) is 0 Å². The molecule has 1 fully saturated rings. The number of nitrogens with zero attached hydrogens (tertiary/aromatic N) is 3. The third-order valence-electron chi connectivity index (χ3n) is 5.63. The Morgan fingerprint density at radius 1 is 0.966 bits per heavy atom. The second kappa shape index (κ2) is 8.51. The predicted molar refractivity (Wildman–Crippen MR) is 115 cm³/mol. The van der Waals surface area contributed by atoms with Crippen LogP contribution in [0.25, 0.3) is 16.9 Å². The van der Waals surface area contributed by atoms with Gasteiger partial charge in [-0.15, -0.1) is 0 Å². The molecule has 152 valence electrons. The van der Waals surface area contributed by atoms with Gasteiger partial charge in [0.2, 0.25) is 10.0 Å². The Labute approximate surface area is 173 Å². The van der Waals surface area contributed by atoms with Crippen LogP contribution in [0.15, 0.2) is 71.8 Å². The highest BCUT2D eigenvalue weighted by molar-refractivity contribution is 7.89. The molecule has 1 saturated carbocycles. The molecule has 0 amide bonds. The molecule has 5 nitrogen and oxygen atoms in total. The molecule has 3 aromatic rings. The van der Waals surface area contributed by atoms with Gasteiger partial charge in [-0.1, -0.05) is 74.7 Å². The lowest BCUT2D eigenvalue weighted by Crippen LogP contribution is -2.41. The number of aromatic nitrogens is 2. The Balaban J connectivity index is 1.83. The Hall–Kier alpha value is -2.44. The maximum atomic E-state index is 13.8. The minimum absolute atomic E-state index is 0.0717. The summed E-state index contributed by atoms with van der Waals surface area (Å²) in [6.07, 6.45) is 6.89. The summed E-state index contributed by atoms with van der Waals surface area (Å²) in [5.74, 6) is 0. The summed E-state index contributed by atoms with van der Waals surface area (Å²) in [4.78, 5) is 0.278. The minimum Gasteiger partial charge on any atom is -0.239 e. The SMILES string of the molecule is CCN(C1CCCCC1)S(=O)(=O)c1cn(-c2ccccc2)nc1-c1ccccc1. The highest BCUT2D eigenvalue weighted by Gasteiger charge is 2.34.